The van der Waals surface area contributed by atoms with Crippen molar-refractivity contribution >= 4 is 29.0 Å². The molecule has 11 nitrogen and oxygen atoms in total. The predicted octanol–water partition coefficient (Wildman–Crippen LogP) is 1.90. The van der Waals surface area contributed by atoms with Crippen LogP contribution in [-0.4, -0.2) is 52.4 Å². The van der Waals surface area contributed by atoms with Gasteiger partial charge in [-0.1, -0.05) is 6.07 Å². The molecule has 4 N–H and O–H groups in total. The van der Waals surface area contributed by atoms with Gasteiger partial charge in [-0.2, -0.15) is 5.10 Å². The molecule has 0 spiro atoms. The van der Waals surface area contributed by atoms with Crippen LogP contribution in [0, 0.1) is 5.92 Å². The fourth-order valence-electron chi connectivity index (χ4n) is 3.88. The first kappa shape index (κ1) is 18.4. The normalized spacial score (nSPS) is 16.4. The molecule has 2 aromatic heterocycles. The second-order valence-electron chi connectivity index (χ2n) is 8.14. The lowest BCUT2D eigenvalue weighted by Crippen LogP contribution is -2.28. The number of anilines is 3. The van der Waals surface area contributed by atoms with Gasteiger partial charge in [-0.05, 0) is 31.0 Å². The van der Waals surface area contributed by atoms with Crippen molar-refractivity contribution in [3.63, 3.8) is 0 Å². The number of carbonyl (C=O) groups excluding carboxylic acids is 2. The first-order chi connectivity index (χ1) is 17.7. The predicted molar refractivity (Wildman–Crippen MR) is 126 cm³/mol. The molecule has 1 saturated carbocycles. The summed E-state index contributed by atoms with van der Waals surface area (Å²) >= 11 is 0. The molecule has 3 heterocycles. The van der Waals surface area contributed by atoms with Crippen LogP contribution >= 0.6 is 0 Å². The number of hydrogen-bond donors (Lipinski definition) is 4. The monoisotopic (exact) mass is 465 g/mol. The summed E-state index contributed by atoms with van der Waals surface area (Å²) in [5, 5.41) is 23.6. The van der Waals surface area contributed by atoms with Crippen LogP contribution in [0.4, 0.5) is 17.2 Å². The summed E-state index contributed by atoms with van der Waals surface area (Å²) in [5.41, 5.74) is 2.89. The van der Waals surface area contributed by atoms with Gasteiger partial charge in [0.2, 0.25) is 5.91 Å². The number of nitrogens with one attached hydrogen (secondary N) is 4. The van der Waals surface area contributed by atoms with E-state index >= 15 is 0 Å². The summed E-state index contributed by atoms with van der Waals surface area (Å²) in [6.07, 6.45) is 1.61. The molecule has 1 aliphatic carbocycles. The maximum atomic E-state index is 12.7. The van der Waals surface area contributed by atoms with E-state index in [9.17, 15) is 9.59 Å². The minimum absolute atomic E-state index is 0.0653. The van der Waals surface area contributed by atoms with Gasteiger partial charge < -0.3 is 26.0 Å². The number of methoxy groups -OCH3 is 1. The Bertz CT molecular complexity index is 1330. The van der Waals surface area contributed by atoms with Crippen molar-refractivity contribution < 1.29 is 18.4 Å². The maximum Gasteiger partial charge on any atom is 0.273 e. The summed E-state index contributed by atoms with van der Waals surface area (Å²) in [6, 6.07) is 8.86. The average molecular weight is 466 g/mol. The van der Waals surface area contributed by atoms with Crippen molar-refractivity contribution in [3.8, 4) is 17.0 Å². The summed E-state index contributed by atoms with van der Waals surface area (Å²) in [6.45, 7) is -0.410. The van der Waals surface area contributed by atoms with Crippen LogP contribution in [0.1, 0.15) is 33.1 Å². The summed E-state index contributed by atoms with van der Waals surface area (Å²) in [5.74, 6) is -0.593. The van der Waals surface area contributed by atoms with E-state index in [2.05, 4.69) is 26.1 Å². The Kier molecular flexibility index (Phi) is 4.94. The van der Waals surface area contributed by atoms with E-state index in [1.807, 2.05) is 28.2 Å². The molecule has 0 bridgehead atoms. The van der Waals surface area contributed by atoms with Crippen LogP contribution in [0.25, 0.3) is 11.3 Å². The molecule has 2 aliphatic rings. The molecule has 0 saturated heterocycles. The number of amides is 2. The van der Waals surface area contributed by atoms with E-state index in [4.69, 9.17) is 13.9 Å². The van der Waals surface area contributed by atoms with Crippen LogP contribution in [0.3, 0.4) is 0 Å². The number of carbonyl (C=O) groups is 2. The van der Waals surface area contributed by atoms with Crippen molar-refractivity contribution in [2.24, 2.45) is 5.92 Å². The van der Waals surface area contributed by atoms with Gasteiger partial charge in [0.15, 0.2) is 17.3 Å². The Labute approximate surface area is 200 Å². The van der Waals surface area contributed by atoms with E-state index < -0.39 is 12.9 Å². The lowest BCUT2D eigenvalue weighted by Gasteiger charge is -2.16. The van der Waals surface area contributed by atoms with Crippen LogP contribution in [0.2, 0.25) is 0 Å². The van der Waals surface area contributed by atoms with Gasteiger partial charge in [0, 0.05) is 41.7 Å². The maximum absolute atomic E-state index is 12.7. The van der Waals surface area contributed by atoms with Gasteiger partial charge in [-0.15, -0.1) is 10.2 Å². The third-order valence-electron chi connectivity index (χ3n) is 5.76. The number of fused-ring (bicyclic) bond motifs is 1. The smallest absolute Gasteiger partial charge is 0.273 e. The van der Waals surface area contributed by atoms with Crippen molar-refractivity contribution in [2.75, 3.05) is 31.3 Å². The zero-order valence-corrected chi connectivity index (χ0v) is 18.5. The third-order valence-corrected chi connectivity index (χ3v) is 5.76. The number of nitrogens with zero attached hydrogens (tertiary/aromatic N) is 4. The molecule has 11 heteroatoms. The minimum atomic E-state index is -2.72. The van der Waals surface area contributed by atoms with Crippen molar-refractivity contribution in [1.29, 1.82) is 0 Å². The van der Waals surface area contributed by atoms with E-state index in [0.29, 0.717) is 18.0 Å². The molecular weight excluding hydrogens is 436 g/mol. The van der Waals surface area contributed by atoms with Gasteiger partial charge in [-0.25, -0.2) is 0 Å². The van der Waals surface area contributed by atoms with Gasteiger partial charge in [0.1, 0.15) is 0 Å². The second kappa shape index (κ2) is 9.10. The second-order valence-corrected chi connectivity index (χ2v) is 8.14. The molecule has 1 fully saturated rings. The number of rotatable bonds is 7. The fraction of sp³-hybridized carbons (Fsp3) is 0.348. The van der Waals surface area contributed by atoms with Gasteiger partial charge >= 0.3 is 0 Å². The molecular formula is C23H26N8O3. The van der Waals surface area contributed by atoms with Gasteiger partial charge in [-0.3, -0.25) is 14.3 Å². The highest BCUT2D eigenvalue weighted by Crippen LogP contribution is 2.38. The van der Waals surface area contributed by atoms with E-state index in [1.165, 1.54) is 13.2 Å². The summed E-state index contributed by atoms with van der Waals surface area (Å²) in [7, 11) is 1.52. The first-order valence-electron chi connectivity index (χ1n) is 12.4. The minimum Gasteiger partial charge on any atom is -0.494 e. The van der Waals surface area contributed by atoms with E-state index in [1.54, 1.807) is 6.07 Å². The van der Waals surface area contributed by atoms with Crippen molar-refractivity contribution in [1.82, 2.24) is 30.6 Å². The number of hydrogen-bond acceptors (Lipinski definition) is 8. The molecule has 1 aliphatic heterocycles. The summed E-state index contributed by atoms with van der Waals surface area (Å²) in [4.78, 5) is 25.0. The lowest BCUT2D eigenvalue weighted by atomic mass is 10.1. The van der Waals surface area contributed by atoms with Gasteiger partial charge in [0.25, 0.3) is 5.91 Å². The third kappa shape index (κ3) is 4.29. The largest absolute Gasteiger partial charge is 0.494 e. The SMILES string of the molecule is [2H]C([2H])([2H])NC(=O)c1nnc(NC(=O)C2CC2)cc1Nc1cccc(-c2cc3n(n2)CCNC3)c1OC. The van der Waals surface area contributed by atoms with E-state index in [0.717, 1.165) is 42.9 Å². The van der Waals surface area contributed by atoms with Crippen molar-refractivity contribution in [2.45, 2.75) is 25.9 Å². The number of benzene rings is 1. The zero-order chi connectivity index (χ0) is 26.2. The molecule has 34 heavy (non-hydrogen) atoms. The number of para-hydroxylation sites is 1. The Morgan fingerprint density at radius 3 is 2.88 bits per heavy atom. The molecule has 5 rings (SSSR count). The summed E-state index contributed by atoms with van der Waals surface area (Å²) < 4.78 is 29.8. The van der Waals surface area contributed by atoms with Crippen LogP contribution in [0.5, 0.6) is 5.75 Å². The highest BCUT2D eigenvalue weighted by molar-refractivity contribution is 6.00. The van der Waals surface area contributed by atoms with Crippen molar-refractivity contribution in [3.05, 3.63) is 41.7 Å². The quantitative estimate of drug-likeness (QED) is 0.416. The molecule has 0 unspecified atom stereocenters. The lowest BCUT2D eigenvalue weighted by molar-refractivity contribution is -0.117. The van der Waals surface area contributed by atoms with Gasteiger partial charge in [0.05, 0.1) is 36.4 Å². The topological polar surface area (TPSA) is 135 Å². The Balaban J connectivity index is 1.51. The molecule has 3 aromatic rings. The van der Waals surface area contributed by atoms with Crippen LogP contribution in [0.15, 0.2) is 30.3 Å². The number of ether oxygens (including phenoxy) is 1. The Morgan fingerprint density at radius 2 is 2.12 bits per heavy atom. The Morgan fingerprint density at radius 1 is 1.24 bits per heavy atom. The highest BCUT2D eigenvalue weighted by Gasteiger charge is 2.30. The van der Waals surface area contributed by atoms with E-state index in [-0.39, 0.29) is 29.0 Å². The van der Waals surface area contributed by atoms with Crippen LogP contribution in [-0.2, 0) is 17.9 Å². The molecule has 0 atom stereocenters. The zero-order valence-electron chi connectivity index (χ0n) is 21.5. The Hall–Kier alpha value is -3.99. The average Bonchev–Trinajstić information content (AvgIpc) is 3.61. The molecule has 176 valence electrons. The van der Waals surface area contributed by atoms with Crippen LogP contribution < -0.4 is 26.0 Å². The molecule has 1 aromatic carbocycles. The first-order valence-corrected chi connectivity index (χ1v) is 10.9. The fourth-order valence-corrected chi connectivity index (χ4v) is 3.88. The number of aromatic nitrogens is 4. The highest BCUT2D eigenvalue weighted by atomic mass is 16.5. The standard InChI is InChI=1S/C23H26N8O3/c1-24-23(33)20-18(11-19(28-29-20)27-22(32)13-6-7-13)26-16-5-3-4-15(21(16)34-2)17-10-14-12-25-8-9-31(14)30-17/h3-5,10-11,13,25H,6-9,12H2,1-2H3,(H,24,33)(H2,26,27,28,32)/i1D3. The molecule has 2 amide bonds. The molecule has 0 radical (unpaired) electrons.